The molecule has 1 unspecified atom stereocenters. The Labute approximate surface area is 477 Å². The van der Waals surface area contributed by atoms with Crippen LogP contribution in [0.25, 0.3) is 0 Å². The Morgan fingerprint density at radius 1 is 0.273 bits per heavy atom. The highest BCUT2D eigenvalue weighted by molar-refractivity contribution is 5.71. The van der Waals surface area contributed by atoms with E-state index in [4.69, 9.17) is 14.2 Å². The molecule has 0 aliphatic heterocycles. The van der Waals surface area contributed by atoms with Crippen molar-refractivity contribution in [2.24, 2.45) is 0 Å². The van der Waals surface area contributed by atoms with Crippen LogP contribution < -0.4 is 0 Å². The summed E-state index contributed by atoms with van der Waals surface area (Å²) < 4.78 is 16.9. The summed E-state index contributed by atoms with van der Waals surface area (Å²) in [5.74, 6) is -0.914. The molecular formula is C71H122O6. The number of hydrogen-bond donors (Lipinski definition) is 0. The lowest BCUT2D eigenvalue weighted by molar-refractivity contribution is -0.167. The molecule has 0 aliphatic carbocycles. The molecule has 0 aromatic carbocycles. The molecular weight excluding hydrogens is 949 g/mol. The molecule has 0 aromatic rings. The Morgan fingerprint density at radius 3 is 0.805 bits per heavy atom. The number of carbonyl (C=O) groups excluding carboxylic acids is 3. The molecule has 442 valence electrons. The number of unbranched alkanes of at least 4 members (excludes halogenated alkanes) is 32. The molecule has 0 aliphatic rings. The van der Waals surface area contributed by atoms with Crippen molar-refractivity contribution in [3.8, 4) is 0 Å². The predicted molar refractivity (Wildman–Crippen MR) is 334 cm³/mol. The molecule has 0 amide bonds. The summed E-state index contributed by atoms with van der Waals surface area (Å²) in [6.45, 7) is 6.42. The van der Waals surface area contributed by atoms with Gasteiger partial charge in [-0.25, -0.2) is 0 Å². The number of rotatable bonds is 59. The smallest absolute Gasteiger partial charge is 0.306 e. The van der Waals surface area contributed by atoms with Crippen molar-refractivity contribution in [1.82, 2.24) is 0 Å². The summed E-state index contributed by atoms with van der Waals surface area (Å²) in [5, 5.41) is 0. The van der Waals surface area contributed by atoms with Crippen LogP contribution in [-0.2, 0) is 28.6 Å². The van der Waals surface area contributed by atoms with Gasteiger partial charge in [0.1, 0.15) is 13.2 Å². The molecule has 0 saturated heterocycles. The second-order valence-electron chi connectivity index (χ2n) is 21.6. The first-order valence-electron chi connectivity index (χ1n) is 32.7. The van der Waals surface area contributed by atoms with Crippen molar-refractivity contribution in [3.63, 3.8) is 0 Å². The van der Waals surface area contributed by atoms with Crippen LogP contribution in [0.5, 0.6) is 0 Å². The van der Waals surface area contributed by atoms with Crippen LogP contribution in [0.1, 0.15) is 316 Å². The molecule has 6 heteroatoms. The fourth-order valence-electron chi connectivity index (χ4n) is 9.21. The van der Waals surface area contributed by atoms with E-state index in [0.717, 1.165) is 122 Å². The predicted octanol–water partition coefficient (Wildman–Crippen LogP) is 22.4. The first kappa shape index (κ1) is 73.3. The molecule has 0 bridgehead atoms. The van der Waals surface area contributed by atoms with Crippen molar-refractivity contribution in [2.45, 2.75) is 322 Å². The van der Waals surface area contributed by atoms with E-state index in [2.05, 4.69) is 118 Å². The summed E-state index contributed by atoms with van der Waals surface area (Å²) in [4.78, 5) is 38.4. The molecule has 0 radical (unpaired) electrons. The van der Waals surface area contributed by atoms with E-state index >= 15 is 0 Å². The summed E-state index contributed by atoms with van der Waals surface area (Å²) in [6, 6.07) is 0. The fourth-order valence-corrected chi connectivity index (χ4v) is 9.21. The van der Waals surface area contributed by atoms with Crippen LogP contribution in [0.3, 0.4) is 0 Å². The van der Waals surface area contributed by atoms with Gasteiger partial charge in [-0.2, -0.15) is 0 Å². The third-order valence-electron chi connectivity index (χ3n) is 14.1. The van der Waals surface area contributed by atoms with Gasteiger partial charge in [0.25, 0.3) is 0 Å². The van der Waals surface area contributed by atoms with Crippen molar-refractivity contribution in [2.75, 3.05) is 13.2 Å². The summed E-state index contributed by atoms with van der Waals surface area (Å²) in [5.41, 5.74) is 0. The minimum atomic E-state index is -0.797. The third kappa shape index (κ3) is 63.0. The highest BCUT2D eigenvalue weighted by atomic mass is 16.6. The summed E-state index contributed by atoms with van der Waals surface area (Å²) >= 11 is 0. The minimum Gasteiger partial charge on any atom is -0.462 e. The topological polar surface area (TPSA) is 78.9 Å². The maximum absolute atomic E-state index is 12.9. The quantitative estimate of drug-likeness (QED) is 0.0261. The van der Waals surface area contributed by atoms with Gasteiger partial charge in [-0.1, -0.05) is 279 Å². The van der Waals surface area contributed by atoms with Gasteiger partial charge in [-0.15, -0.1) is 0 Å². The largest absolute Gasteiger partial charge is 0.462 e. The Balaban J connectivity index is 4.35. The highest BCUT2D eigenvalue weighted by Crippen LogP contribution is 2.16. The Bertz CT molecular complexity index is 1510. The van der Waals surface area contributed by atoms with Crippen LogP contribution in [0, 0.1) is 0 Å². The number of allylic oxidation sites excluding steroid dienone is 16. The molecule has 0 heterocycles. The van der Waals surface area contributed by atoms with Crippen LogP contribution in [0.15, 0.2) is 97.2 Å². The van der Waals surface area contributed by atoms with E-state index in [1.54, 1.807) is 0 Å². The molecule has 0 N–H and O–H groups in total. The number of ether oxygens (including phenoxy) is 3. The van der Waals surface area contributed by atoms with Gasteiger partial charge in [0.2, 0.25) is 0 Å². The van der Waals surface area contributed by atoms with E-state index in [1.807, 2.05) is 0 Å². The summed E-state index contributed by atoms with van der Waals surface area (Å²) in [6.07, 6.45) is 87.1. The third-order valence-corrected chi connectivity index (χ3v) is 14.1. The first-order chi connectivity index (χ1) is 38.0. The Kier molecular flexibility index (Phi) is 61.8. The zero-order valence-electron chi connectivity index (χ0n) is 50.7. The molecule has 0 rings (SSSR count). The number of hydrogen-bond acceptors (Lipinski definition) is 6. The van der Waals surface area contributed by atoms with Crippen molar-refractivity contribution >= 4 is 17.9 Å². The first-order valence-corrected chi connectivity index (χ1v) is 32.7. The van der Waals surface area contributed by atoms with Gasteiger partial charge in [-0.3, -0.25) is 14.4 Å². The average Bonchev–Trinajstić information content (AvgIpc) is 3.43. The number of esters is 3. The van der Waals surface area contributed by atoms with Crippen LogP contribution in [0.4, 0.5) is 0 Å². The average molecular weight is 1070 g/mol. The van der Waals surface area contributed by atoms with Crippen molar-refractivity contribution in [3.05, 3.63) is 97.2 Å². The lowest BCUT2D eigenvalue weighted by Gasteiger charge is -2.18. The normalized spacial score (nSPS) is 12.7. The Hall–Kier alpha value is -3.67. The van der Waals surface area contributed by atoms with Crippen molar-refractivity contribution in [1.29, 1.82) is 0 Å². The van der Waals surface area contributed by atoms with Gasteiger partial charge in [0.15, 0.2) is 6.10 Å². The second-order valence-corrected chi connectivity index (χ2v) is 21.6. The molecule has 0 fully saturated rings. The van der Waals surface area contributed by atoms with E-state index in [-0.39, 0.29) is 31.1 Å². The maximum atomic E-state index is 12.9. The van der Waals surface area contributed by atoms with E-state index in [0.29, 0.717) is 19.3 Å². The van der Waals surface area contributed by atoms with Gasteiger partial charge >= 0.3 is 17.9 Å². The van der Waals surface area contributed by atoms with Gasteiger partial charge in [0.05, 0.1) is 0 Å². The molecule has 0 aromatic heterocycles. The lowest BCUT2D eigenvalue weighted by Crippen LogP contribution is -2.30. The molecule has 1 atom stereocenters. The monoisotopic (exact) mass is 1070 g/mol. The molecule has 0 spiro atoms. The van der Waals surface area contributed by atoms with Crippen molar-refractivity contribution < 1.29 is 28.6 Å². The van der Waals surface area contributed by atoms with Gasteiger partial charge < -0.3 is 14.2 Å². The second kappa shape index (κ2) is 64.9. The standard InChI is InChI=1S/C71H122O6/c1-4-7-10-13-16-19-22-25-28-31-32-33-34-35-36-37-38-41-43-46-49-52-55-58-61-64-70(73)76-67-68(77-71(74)65-62-59-56-53-50-47-44-40-30-27-24-21-18-15-12-9-6-3)66-75-69(72)63-60-57-54-51-48-45-42-39-29-26-23-20-17-14-11-8-5-2/h8-9,11-12,17-18,20-21,26-27,29-32,44,47,68H,4-7,10,13-16,19,22-25,28,33-43,45-46,48-67H2,1-3H3/b11-8-,12-9-,20-17-,21-18-,29-26-,30-27-,32-31-,47-44-. The SMILES string of the molecule is CC/C=C\C/C=C\C/C=C\C/C=C\CCCCCCC(=O)OC(COC(=O)CCCCCCCCC/C=C\C/C=C\C/C=C\CC)COC(=O)CCCCCCCCCCCCCCC/C=C\CCCCCCCCCC. The maximum Gasteiger partial charge on any atom is 0.306 e. The molecule has 77 heavy (non-hydrogen) atoms. The van der Waals surface area contributed by atoms with E-state index < -0.39 is 6.10 Å². The minimum absolute atomic E-state index is 0.0900. The lowest BCUT2D eigenvalue weighted by atomic mass is 10.0. The van der Waals surface area contributed by atoms with E-state index in [9.17, 15) is 14.4 Å². The van der Waals surface area contributed by atoms with Gasteiger partial charge in [-0.05, 0) is 116 Å². The molecule has 6 nitrogen and oxygen atoms in total. The zero-order valence-corrected chi connectivity index (χ0v) is 50.7. The Morgan fingerprint density at radius 2 is 0.506 bits per heavy atom. The van der Waals surface area contributed by atoms with E-state index in [1.165, 1.54) is 154 Å². The van der Waals surface area contributed by atoms with Crippen LogP contribution in [-0.4, -0.2) is 37.2 Å². The van der Waals surface area contributed by atoms with Crippen LogP contribution in [0.2, 0.25) is 0 Å². The fraction of sp³-hybridized carbons (Fsp3) is 0.732. The summed E-state index contributed by atoms with van der Waals surface area (Å²) in [7, 11) is 0. The number of carbonyl (C=O) groups is 3. The van der Waals surface area contributed by atoms with Gasteiger partial charge in [0, 0.05) is 19.3 Å². The van der Waals surface area contributed by atoms with Crippen LogP contribution >= 0.6 is 0 Å². The highest BCUT2D eigenvalue weighted by Gasteiger charge is 2.19. The molecule has 0 saturated carbocycles. The zero-order chi connectivity index (χ0) is 55.7.